The minimum atomic E-state index is -0.322. The molecule has 1 heterocycles. The molecule has 0 saturated heterocycles. The number of anilines is 2. The molecule has 0 spiro atoms. The van der Waals surface area contributed by atoms with E-state index in [-0.39, 0.29) is 18.8 Å². The highest BCUT2D eigenvalue weighted by Crippen LogP contribution is 2.42. The van der Waals surface area contributed by atoms with Gasteiger partial charge in [0.15, 0.2) is 0 Å². The average molecular weight is 405 g/mol. The fraction of sp³-hybridized carbons (Fsp3) is 0.381. The van der Waals surface area contributed by atoms with Gasteiger partial charge in [0.1, 0.15) is 11.5 Å². The number of carbonyl (C=O) groups is 1. The summed E-state index contributed by atoms with van der Waals surface area (Å²) >= 11 is 6.28. The summed E-state index contributed by atoms with van der Waals surface area (Å²) in [5, 5.41) is 0.627. The number of benzene rings is 2. The topological polar surface area (TPSA) is 51.2 Å². The van der Waals surface area contributed by atoms with Crippen molar-refractivity contribution >= 4 is 29.1 Å². The van der Waals surface area contributed by atoms with Gasteiger partial charge in [-0.05, 0) is 43.2 Å². The molecule has 2 aromatic carbocycles. The van der Waals surface area contributed by atoms with Crippen molar-refractivity contribution in [3.63, 3.8) is 0 Å². The zero-order valence-electron chi connectivity index (χ0n) is 16.4. The Balaban J connectivity index is 1.90. The van der Waals surface area contributed by atoms with E-state index in [9.17, 15) is 4.79 Å². The SMILES string of the molecule is CCOC(=O)N(C)CC(C)CN1c2ccccc2OCOc2ccc(Cl)cc21. The highest BCUT2D eigenvalue weighted by molar-refractivity contribution is 6.31. The Morgan fingerprint density at radius 2 is 1.93 bits per heavy atom. The van der Waals surface area contributed by atoms with Crippen molar-refractivity contribution in [1.29, 1.82) is 0 Å². The predicted molar refractivity (Wildman–Crippen MR) is 110 cm³/mol. The third-order valence-corrected chi connectivity index (χ3v) is 4.69. The van der Waals surface area contributed by atoms with Crippen LogP contribution in [0.4, 0.5) is 16.2 Å². The lowest BCUT2D eigenvalue weighted by Crippen LogP contribution is -2.36. The molecule has 7 heteroatoms. The lowest BCUT2D eigenvalue weighted by Gasteiger charge is -2.33. The van der Waals surface area contributed by atoms with Crippen molar-refractivity contribution in [2.75, 3.05) is 38.4 Å². The molecule has 3 rings (SSSR count). The summed E-state index contributed by atoms with van der Waals surface area (Å²) in [4.78, 5) is 15.7. The van der Waals surface area contributed by atoms with Gasteiger partial charge in [0.2, 0.25) is 6.79 Å². The maximum atomic E-state index is 11.9. The van der Waals surface area contributed by atoms with Crippen LogP contribution in [0.1, 0.15) is 13.8 Å². The van der Waals surface area contributed by atoms with Crippen LogP contribution >= 0.6 is 11.6 Å². The fourth-order valence-electron chi connectivity index (χ4n) is 3.25. The van der Waals surface area contributed by atoms with Crippen LogP contribution in [0.15, 0.2) is 42.5 Å². The summed E-state index contributed by atoms with van der Waals surface area (Å²) in [5.74, 6) is 1.58. The summed E-state index contributed by atoms with van der Waals surface area (Å²) in [5.41, 5.74) is 1.80. The molecule has 0 fully saturated rings. The molecule has 1 atom stereocenters. The van der Waals surface area contributed by atoms with Crippen molar-refractivity contribution in [3.05, 3.63) is 47.5 Å². The van der Waals surface area contributed by atoms with Gasteiger partial charge in [0, 0.05) is 25.2 Å². The smallest absolute Gasteiger partial charge is 0.409 e. The molecule has 1 unspecified atom stereocenters. The second-order valence-electron chi connectivity index (χ2n) is 6.78. The van der Waals surface area contributed by atoms with E-state index in [1.165, 1.54) is 0 Å². The second kappa shape index (κ2) is 9.06. The van der Waals surface area contributed by atoms with Crippen LogP contribution in [0.25, 0.3) is 0 Å². The summed E-state index contributed by atoms with van der Waals surface area (Å²) in [6.07, 6.45) is -0.322. The number of hydrogen-bond donors (Lipinski definition) is 0. The minimum Gasteiger partial charge on any atom is -0.455 e. The van der Waals surface area contributed by atoms with E-state index in [0.29, 0.717) is 30.5 Å². The van der Waals surface area contributed by atoms with Gasteiger partial charge >= 0.3 is 6.09 Å². The van der Waals surface area contributed by atoms with Crippen molar-refractivity contribution in [2.45, 2.75) is 13.8 Å². The maximum absolute atomic E-state index is 11.9. The Kier molecular flexibility index (Phi) is 6.52. The van der Waals surface area contributed by atoms with E-state index in [2.05, 4.69) is 11.8 Å². The van der Waals surface area contributed by atoms with Crippen LogP contribution in [0.2, 0.25) is 5.02 Å². The zero-order chi connectivity index (χ0) is 20.1. The number of nitrogens with zero attached hydrogens (tertiary/aromatic N) is 2. The highest BCUT2D eigenvalue weighted by Gasteiger charge is 2.24. The maximum Gasteiger partial charge on any atom is 0.409 e. The molecule has 28 heavy (non-hydrogen) atoms. The number of halogens is 1. The van der Waals surface area contributed by atoms with E-state index >= 15 is 0 Å². The monoisotopic (exact) mass is 404 g/mol. The van der Waals surface area contributed by atoms with E-state index in [4.69, 9.17) is 25.8 Å². The molecule has 0 aliphatic carbocycles. The number of carbonyl (C=O) groups excluding carboxylic acids is 1. The van der Waals surface area contributed by atoms with Crippen LogP contribution in [0.3, 0.4) is 0 Å². The van der Waals surface area contributed by atoms with Crippen LogP contribution in [0.5, 0.6) is 11.5 Å². The third kappa shape index (κ3) is 4.62. The normalized spacial score (nSPS) is 13.8. The van der Waals surface area contributed by atoms with Crippen LogP contribution in [-0.4, -0.2) is 44.5 Å². The molecule has 1 amide bonds. The third-order valence-electron chi connectivity index (χ3n) is 4.46. The van der Waals surface area contributed by atoms with Gasteiger partial charge in [-0.25, -0.2) is 4.79 Å². The molecule has 0 aromatic heterocycles. The molecule has 0 radical (unpaired) electrons. The van der Waals surface area contributed by atoms with Crippen LogP contribution in [-0.2, 0) is 4.74 Å². The standard InChI is InChI=1S/C21H25ClN2O4/c1-4-26-21(25)23(3)12-15(2)13-24-17-7-5-6-8-19(17)27-14-28-20-10-9-16(22)11-18(20)24/h5-11,15H,4,12-14H2,1-3H3. The molecule has 0 saturated carbocycles. The number of rotatable bonds is 5. The first-order valence-electron chi connectivity index (χ1n) is 9.29. The molecule has 1 aliphatic heterocycles. The Bertz CT molecular complexity index is 830. The zero-order valence-corrected chi connectivity index (χ0v) is 17.1. The summed E-state index contributed by atoms with van der Waals surface area (Å²) < 4.78 is 16.7. The lowest BCUT2D eigenvalue weighted by molar-refractivity contribution is 0.111. The molecule has 0 bridgehead atoms. The van der Waals surface area contributed by atoms with Gasteiger partial charge in [-0.2, -0.15) is 0 Å². The first-order chi connectivity index (χ1) is 13.5. The fourth-order valence-corrected chi connectivity index (χ4v) is 3.42. The summed E-state index contributed by atoms with van der Waals surface area (Å²) in [6, 6.07) is 13.3. The first kappa shape index (κ1) is 20.1. The molecule has 1 aliphatic rings. The summed E-state index contributed by atoms with van der Waals surface area (Å²) in [6.45, 7) is 5.56. The number of ether oxygens (including phenoxy) is 3. The van der Waals surface area contributed by atoms with Crippen molar-refractivity contribution in [2.24, 2.45) is 5.92 Å². The minimum absolute atomic E-state index is 0.126. The average Bonchev–Trinajstić information content (AvgIpc) is 2.66. The molecular weight excluding hydrogens is 380 g/mol. The van der Waals surface area contributed by atoms with Crippen molar-refractivity contribution in [1.82, 2.24) is 4.90 Å². The molecule has 150 valence electrons. The molecular formula is C21H25ClN2O4. The number of fused-ring (bicyclic) bond motifs is 2. The van der Waals surface area contributed by atoms with Crippen molar-refractivity contribution < 1.29 is 19.0 Å². The quantitative estimate of drug-likeness (QED) is 0.707. The molecule has 6 nitrogen and oxygen atoms in total. The molecule has 2 aromatic rings. The van der Waals surface area contributed by atoms with Gasteiger partial charge in [0.25, 0.3) is 0 Å². The number of hydrogen-bond acceptors (Lipinski definition) is 5. The predicted octanol–water partition coefficient (Wildman–Crippen LogP) is 4.93. The first-order valence-corrected chi connectivity index (χ1v) is 9.67. The van der Waals surface area contributed by atoms with E-state index in [1.807, 2.05) is 36.4 Å². The number of amides is 1. The van der Waals surface area contributed by atoms with E-state index in [0.717, 1.165) is 17.1 Å². The lowest BCUT2D eigenvalue weighted by atomic mass is 10.1. The van der Waals surface area contributed by atoms with Crippen LogP contribution in [0, 0.1) is 5.92 Å². The van der Waals surface area contributed by atoms with E-state index in [1.54, 1.807) is 24.9 Å². The van der Waals surface area contributed by atoms with Crippen molar-refractivity contribution in [3.8, 4) is 11.5 Å². The Hall–Kier alpha value is -2.60. The second-order valence-corrected chi connectivity index (χ2v) is 7.22. The highest BCUT2D eigenvalue weighted by atomic mass is 35.5. The van der Waals surface area contributed by atoms with Crippen LogP contribution < -0.4 is 14.4 Å². The Morgan fingerprint density at radius 3 is 2.68 bits per heavy atom. The number of para-hydroxylation sites is 2. The van der Waals surface area contributed by atoms with Gasteiger partial charge in [-0.1, -0.05) is 30.7 Å². The van der Waals surface area contributed by atoms with Gasteiger partial charge < -0.3 is 24.0 Å². The largest absolute Gasteiger partial charge is 0.455 e. The van der Waals surface area contributed by atoms with Gasteiger partial charge in [-0.15, -0.1) is 0 Å². The summed E-state index contributed by atoms with van der Waals surface area (Å²) in [7, 11) is 1.74. The van der Waals surface area contributed by atoms with Gasteiger partial charge in [-0.3, -0.25) is 0 Å². The Labute approximate surface area is 170 Å². The van der Waals surface area contributed by atoms with E-state index < -0.39 is 0 Å². The van der Waals surface area contributed by atoms with Gasteiger partial charge in [0.05, 0.1) is 18.0 Å². The molecule has 0 N–H and O–H groups in total. The Morgan fingerprint density at radius 1 is 1.21 bits per heavy atom.